The Morgan fingerprint density at radius 2 is 2.21 bits per heavy atom. The molecular weight excluding hydrogens is 172 g/mol. The first-order valence-corrected chi connectivity index (χ1v) is 5.84. The van der Waals surface area contributed by atoms with Gasteiger partial charge < -0.3 is 10.2 Å². The van der Waals surface area contributed by atoms with E-state index in [1.165, 1.54) is 45.2 Å². The maximum absolute atomic E-state index is 3.59. The van der Waals surface area contributed by atoms with Crippen molar-refractivity contribution in [3.05, 3.63) is 12.2 Å². The summed E-state index contributed by atoms with van der Waals surface area (Å²) < 4.78 is 0. The van der Waals surface area contributed by atoms with E-state index in [4.69, 9.17) is 0 Å². The van der Waals surface area contributed by atoms with Gasteiger partial charge in [-0.05, 0) is 59.3 Å². The third kappa shape index (κ3) is 5.40. The van der Waals surface area contributed by atoms with Crippen LogP contribution in [-0.2, 0) is 0 Å². The highest BCUT2D eigenvalue weighted by Gasteiger charge is 2.05. The van der Waals surface area contributed by atoms with E-state index in [9.17, 15) is 0 Å². The van der Waals surface area contributed by atoms with Crippen LogP contribution in [0.1, 0.15) is 32.1 Å². The molecule has 0 radical (unpaired) electrons. The summed E-state index contributed by atoms with van der Waals surface area (Å²) in [6, 6.07) is 0.656. The smallest absolute Gasteiger partial charge is 0.0250 e. The summed E-state index contributed by atoms with van der Waals surface area (Å²) in [5.41, 5.74) is 0. The second kappa shape index (κ2) is 7.02. The van der Waals surface area contributed by atoms with Gasteiger partial charge in [0.05, 0.1) is 0 Å². The zero-order valence-electron chi connectivity index (χ0n) is 9.63. The quantitative estimate of drug-likeness (QED) is 0.516. The van der Waals surface area contributed by atoms with E-state index >= 15 is 0 Å². The molecule has 0 aliphatic heterocycles. The van der Waals surface area contributed by atoms with Gasteiger partial charge in [-0.1, -0.05) is 12.2 Å². The summed E-state index contributed by atoms with van der Waals surface area (Å²) in [4.78, 5) is 2.25. The molecule has 0 spiro atoms. The molecule has 0 fully saturated rings. The average molecular weight is 196 g/mol. The van der Waals surface area contributed by atoms with Crippen molar-refractivity contribution in [2.24, 2.45) is 0 Å². The molecule has 0 aromatic heterocycles. The molecule has 1 aliphatic rings. The summed E-state index contributed by atoms with van der Waals surface area (Å²) in [5.74, 6) is 0. The van der Waals surface area contributed by atoms with E-state index in [1.54, 1.807) is 0 Å². The Morgan fingerprint density at radius 1 is 1.36 bits per heavy atom. The van der Waals surface area contributed by atoms with Crippen molar-refractivity contribution >= 4 is 0 Å². The third-order valence-corrected chi connectivity index (χ3v) is 2.69. The lowest BCUT2D eigenvalue weighted by atomic mass is 10.0. The monoisotopic (exact) mass is 196 g/mol. The number of unbranched alkanes of at least 4 members (excludes halogenated alkanes) is 1. The number of rotatable bonds is 6. The molecule has 1 N–H and O–H groups in total. The molecule has 0 bridgehead atoms. The molecule has 0 saturated heterocycles. The van der Waals surface area contributed by atoms with Crippen LogP contribution in [0.25, 0.3) is 0 Å². The Bertz CT molecular complexity index is 164. The first-order chi connectivity index (χ1) is 6.79. The van der Waals surface area contributed by atoms with Crippen molar-refractivity contribution in [2.75, 3.05) is 27.2 Å². The predicted molar refractivity (Wildman–Crippen MR) is 62.6 cm³/mol. The second-order valence-corrected chi connectivity index (χ2v) is 4.43. The van der Waals surface area contributed by atoms with Crippen molar-refractivity contribution in [1.82, 2.24) is 10.2 Å². The van der Waals surface area contributed by atoms with Crippen LogP contribution in [0.15, 0.2) is 12.2 Å². The van der Waals surface area contributed by atoms with Crippen LogP contribution < -0.4 is 5.32 Å². The minimum Gasteiger partial charge on any atom is -0.311 e. The van der Waals surface area contributed by atoms with Crippen molar-refractivity contribution < 1.29 is 0 Å². The minimum atomic E-state index is 0.656. The number of allylic oxidation sites excluding steroid dienone is 1. The van der Waals surface area contributed by atoms with E-state index < -0.39 is 0 Å². The molecule has 82 valence electrons. The van der Waals surface area contributed by atoms with Crippen molar-refractivity contribution in [1.29, 1.82) is 0 Å². The molecule has 1 rings (SSSR count). The van der Waals surface area contributed by atoms with E-state index in [0.717, 1.165) is 0 Å². The zero-order valence-corrected chi connectivity index (χ0v) is 9.63. The van der Waals surface area contributed by atoms with Gasteiger partial charge >= 0.3 is 0 Å². The predicted octanol–water partition coefficient (Wildman–Crippen LogP) is 2.03. The summed E-state index contributed by atoms with van der Waals surface area (Å²) in [6.45, 7) is 2.38. The number of hydrogen-bond donors (Lipinski definition) is 1. The zero-order chi connectivity index (χ0) is 10.2. The topological polar surface area (TPSA) is 15.3 Å². The Balaban J connectivity index is 1.93. The summed E-state index contributed by atoms with van der Waals surface area (Å²) in [5, 5.41) is 3.59. The highest BCUT2D eigenvalue weighted by Crippen LogP contribution is 2.09. The Labute approximate surface area is 88.4 Å². The van der Waals surface area contributed by atoms with Crippen LogP contribution in [0.5, 0.6) is 0 Å². The molecule has 1 atom stereocenters. The fourth-order valence-corrected chi connectivity index (χ4v) is 1.82. The van der Waals surface area contributed by atoms with Gasteiger partial charge in [0.25, 0.3) is 0 Å². The van der Waals surface area contributed by atoms with Gasteiger partial charge in [-0.3, -0.25) is 0 Å². The van der Waals surface area contributed by atoms with Crippen molar-refractivity contribution in [3.63, 3.8) is 0 Å². The number of nitrogens with one attached hydrogen (secondary N) is 1. The molecule has 0 heterocycles. The lowest BCUT2D eigenvalue weighted by Crippen LogP contribution is -2.29. The standard InChI is InChI=1S/C12H24N2/c1-14(2)11-7-6-10-13-12-8-4-3-5-9-12/h4,8,12-13H,3,5-7,9-11H2,1-2H3. The van der Waals surface area contributed by atoms with Crippen LogP contribution in [0.2, 0.25) is 0 Å². The molecule has 0 aromatic rings. The number of nitrogens with zero attached hydrogens (tertiary/aromatic N) is 1. The van der Waals surface area contributed by atoms with Gasteiger partial charge in [0.15, 0.2) is 0 Å². The lowest BCUT2D eigenvalue weighted by molar-refractivity contribution is 0.388. The van der Waals surface area contributed by atoms with Gasteiger partial charge in [0.1, 0.15) is 0 Å². The fourth-order valence-electron chi connectivity index (χ4n) is 1.82. The Hall–Kier alpha value is -0.340. The molecule has 2 nitrogen and oxygen atoms in total. The fraction of sp³-hybridized carbons (Fsp3) is 0.833. The molecular formula is C12H24N2. The maximum atomic E-state index is 3.59. The SMILES string of the molecule is CN(C)CCCCNC1C=CCCC1. The lowest BCUT2D eigenvalue weighted by Gasteiger charge is -2.18. The molecule has 2 heteroatoms. The Morgan fingerprint density at radius 3 is 2.86 bits per heavy atom. The van der Waals surface area contributed by atoms with Gasteiger partial charge in [0, 0.05) is 6.04 Å². The molecule has 0 saturated carbocycles. The summed E-state index contributed by atoms with van der Waals surface area (Å²) >= 11 is 0. The van der Waals surface area contributed by atoms with E-state index in [-0.39, 0.29) is 0 Å². The van der Waals surface area contributed by atoms with Gasteiger partial charge in [-0.25, -0.2) is 0 Å². The van der Waals surface area contributed by atoms with Crippen LogP contribution >= 0.6 is 0 Å². The van der Waals surface area contributed by atoms with Crippen molar-refractivity contribution in [3.8, 4) is 0 Å². The van der Waals surface area contributed by atoms with E-state index in [2.05, 4.69) is 36.5 Å². The summed E-state index contributed by atoms with van der Waals surface area (Å²) in [6.07, 6.45) is 11.2. The van der Waals surface area contributed by atoms with E-state index in [1.807, 2.05) is 0 Å². The van der Waals surface area contributed by atoms with Gasteiger partial charge in [-0.15, -0.1) is 0 Å². The first kappa shape index (κ1) is 11.7. The Kier molecular flexibility index (Phi) is 5.88. The average Bonchev–Trinajstić information content (AvgIpc) is 2.18. The second-order valence-electron chi connectivity index (χ2n) is 4.43. The van der Waals surface area contributed by atoms with Crippen LogP contribution in [0.3, 0.4) is 0 Å². The molecule has 0 amide bonds. The van der Waals surface area contributed by atoms with Crippen LogP contribution in [0, 0.1) is 0 Å². The number of hydrogen-bond acceptors (Lipinski definition) is 2. The summed E-state index contributed by atoms with van der Waals surface area (Å²) in [7, 11) is 4.27. The third-order valence-electron chi connectivity index (χ3n) is 2.69. The molecule has 1 aliphatic carbocycles. The minimum absolute atomic E-state index is 0.656. The highest BCUT2D eigenvalue weighted by atomic mass is 15.0. The molecule has 1 unspecified atom stereocenters. The van der Waals surface area contributed by atoms with Crippen molar-refractivity contribution in [2.45, 2.75) is 38.1 Å². The largest absolute Gasteiger partial charge is 0.311 e. The van der Waals surface area contributed by atoms with E-state index in [0.29, 0.717) is 6.04 Å². The first-order valence-electron chi connectivity index (χ1n) is 5.84. The van der Waals surface area contributed by atoms with Gasteiger partial charge in [-0.2, -0.15) is 0 Å². The maximum Gasteiger partial charge on any atom is 0.0250 e. The van der Waals surface area contributed by atoms with Gasteiger partial charge in [0.2, 0.25) is 0 Å². The molecule has 14 heavy (non-hydrogen) atoms. The molecule has 0 aromatic carbocycles. The normalized spacial score (nSPS) is 21.8. The van der Waals surface area contributed by atoms with Crippen LogP contribution in [0.4, 0.5) is 0 Å². The van der Waals surface area contributed by atoms with Crippen LogP contribution in [-0.4, -0.2) is 38.1 Å². The highest BCUT2D eigenvalue weighted by molar-refractivity contribution is 4.97.